The maximum absolute atomic E-state index is 3.44. The first kappa shape index (κ1) is 7.63. The molecule has 2 bridgehead atoms. The van der Waals surface area contributed by atoms with Gasteiger partial charge in [-0.05, 0) is 17.7 Å². The number of rotatable bonds is 0. The maximum Gasteiger partial charge on any atom is 0.0458 e. The molecule has 0 fully saturated rings. The van der Waals surface area contributed by atoms with Crippen molar-refractivity contribution >= 4 is 11.3 Å². The van der Waals surface area contributed by atoms with Gasteiger partial charge in [-0.2, -0.15) is 0 Å². The predicted octanol–water partition coefficient (Wildman–Crippen LogP) is 3.34. The number of nitrogens with one attached hydrogen (secondary N) is 1. The van der Waals surface area contributed by atoms with Crippen molar-refractivity contribution in [2.45, 2.75) is 6.42 Å². The van der Waals surface area contributed by atoms with Crippen LogP contribution in [0.2, 0.25) is 0 Å². The molecule has 68 valence electrons. The fourth-order valence-electron chi connectivity index (χ4n) is 1.98. The summed E-state index contributed by atoms with van der Waals surface area (Å²) in [5, 5.41) is 3.44. The maximum atomic E-state index is 3.44. The van der Waals surface area contributed by atoms with E-state index in [0.717, 1.165) is 6.42 Å². The normalized spacial score (nSPS) is 17.4. The van der Waals surface area contributed by atoms with Gasteiger partial charge in [0, 0.05) is 23.4 Å². The summed E-state index contributed by atoms with van der Waals surface area (Å²) < 4.78 is 0. The van der Waals surface area contributed by atoms with Crippen LogP contribution in [0.4, 0.5) is 5.69 Å². The number of benzene rings is 1. The van der Waals surface area contributed by atoms with Gasteiger partial charge in [0.15, 0.2) is 0 Å². The smallest absolute Gasteiger partial charge is 0.0458 e. The van der Waals surface area contributed by atoms with Crippen LogP contribution in [0.3, 0.4) is 0 Å². The van der Waals surface area contributed by atoms with E-state index in [1.807, 2.05) is 0 Å². The minimum absolute atomic E-state index is 1.02. The molecule has 0 aromatic heterocycles. The quantitative estimate of drug-likeness (QED) is 0.647. The molecule has 0 radical (unpaired) electrons. The number of hydrogen-bond donors (Lipinski definition) is 1. The molecule has 1 aliphatic heterocycles. The molecule has 3 rings (SSSR count). The van der Waals surface area contributed by atoms with Crippen molar-refractivity contribution in [1.82, 2.24) is 0 Å². The van der Waals surface area contributed by atoms with Gasteiger partial charge in [0.1, 0.15) is 0 Å². The number of fused-ring (bicyclic) bond motifs is 4. The summed E-state index contributed by atoms with van der Waals surface area (Å²) in [5.74, 6) is 0. The molecule has 1 nitrogen and oxygen atoms in total. The highest BCUT2D eigenvalue weighted by Crippen LogP contribution is 2.35. The van der Waals surface area contributed by atoms with E-state index < -0.39 is 0 Å². The third-order valence-electron chi connectivity index (χ3n) is 2.66. The standard InChI is InChI=1S/C13H11N/c1-2-6-11-9-10(5-1)12-7-3-4-8-13(12)14-11/h1-8,14H,9H2. The number of para-hydroxylation sites is 1. The summed E-state index contributed by atoms with van der Waals surface area (Å²) in [6.45, 7) is 0. The molecule has 1 aromatic carbocycles. The first-order valence-corrected chi connectivity index (χ1v) is 4.86. The first-order valence-electron chi connectivity index (χ1n) is 4.86. The van der Waals surface area contributed by atoms with Crippen LogP contribution in [0.15, 0.2) is 54.3 Å². The van der Waals surface area contributed by atoms with Gasteiger partial charge in [0.05, 0.1) is 0 Å². The molecule has 0 atom stereocenters. The van der Waals surface area contributed by atoms with E-state index in [0.29, 0.717) is 0 Å². The van der Waals surface area contributed by atoms with Crippen LogP contribution in [0.25, 0.3) is 5.57 Å². The van der Waals surface area contributed by atoms with Gasteiger partial charge in [-0.15, -0.1) is 0 Å². The molecule has 0 amide bonds. The Morgan fingerprint density at radius 1 is 1.00 bits per heavy atom. The minimum atomic E-state index is 1.02. The summed E-state index contributed by atoms with van der Waals surface area (Å²) in [7, 11) is 0. The Morgan fingerprint density at radius 3 is 2.86 bits per heavy atom. The van der Waals surface area contributed by atoms with Crippen molar-refractivity contribution in [3.8, 4) is 0 Å². The molecule has 1 aliphatic carbocycles. The highest BCUT2D eigenvalue weighted by Gasteiger charge is 2.15. The van der Waals surface area contributed by atoms with Gasteiger partial charge in [0.25, 0.3) is 0 Å². The average Bonchev–Trinajstić information content (AvgIpc) is 2.41. The number of anilines is 1. The molecule has 0 saturated heterocycles. The van der Waals surface area contributed by atoms with Gasteiger partial charge in [-0.1, -0.05) is 36.4 Å². The van der Waals surface area contributed by atoms with Crippen LogP contribution >= 0.6 is 0 Å². The third kappa shape index (κ3) is 1.10. The fraction of sp³-hybridized carbons (Fsp3) is 0.0769. The Labute approximate surface area is 83.5 Å². The summed E-state index contributed by atoms with van der Waals surface area (Å²) in [6, 6.07) is 8.45. The van der Waals surface area contributed by atoms with Gasteiger partial charge < -0.3 is 5.32 Å². The third-order valence-corrected chi connectivity index (χ3v) is 2.66. The van der Waals surface area contributed by atoms with Gasteiger partial charge in [-0.25, -0.2) is 0 Å². The van der Waals surface area contributed by atoms with Crippen LogP contribution in [0.5, 0.6) is 0 Å². The fourth-order valence-corrected chi connectivity index (χ4v) is 1.98. The molecule has 1 heteroatoms. The Hall–Kier alpha value is -1.76. The summed E-state index contributed by atoms with van der Waals surface area (Å²) in [6.07, 6.45) is 9.54. The second-order valence-corrected chi connectivity index (χ2v) is 3.62. The molecule has 14 heavy (non-hydrogen) atoms. The number of allylic oxidation sites excluding steroid dienone is 5. The van der Waals surface area contributed by atoms with Gasteiger partial charge in [-0.3, -0.25) is 0 Å². The summed E-state index contributed by atoms with van der Waals surface area (Å²) in [4.78, 5) is 0. The molecule has 1 aromatic rings. The van der Waals surface area contributed by atoms with Crippen LogP contribution in [-0.2, 0) is 0 Å². The molecule has 0 unspecified atom stereocenters. The monoisotopic (exact) mass is 181 g/mol. The zero-order chi connectivity index (χ0) is 9.38. The van der Waals surface area contributed by atoms with Crippen LogP contribution in [-0.4, -0.2) is 0 Å². The van der Waals surface area contributed by atoms with E-state index in [2.05, 4.69) is 53.9 Å². The lowest BCUT2D eigenvalue weighted by Crippen LogP contribution is -2.08. The average molecular weight is 181 g/mol. The Balaban J connectivity index is 2.24. The lowest BCUT2D eigenvalue weighted by atomic mass is 9.95. The summed E-state index contributed by atoms with van der Waals surface area (Å²) in [5.41, 5.74) is 5.24. The largest absolute Gasteiger partial charge is 0.358 e. The second kappa shape index (κ2) is 2.88. The van der Waals surface area contributed by atoms with Crippen molar-refractivity contribution < 1.29 is 0 Å². The van der Waals surface area contributed by atoms with E-state index in [9.17, 15) is 0 Å². The Bertz CT molecular complexity index is 464. The molecule has 2 aliphatic rings. The van der Waals surface area contributed by atoms with E-state index in [4.69, 9.17) is 0 Å². The zero-order valence-electron chi connectivity index (χ0n) is 7.83. The molecule has 1 heterocycles. The van der Waals surface area contributed by atoms with E-state index in [1.165, 1.54) is 22.5 Å². The molecule has 0 spiro atoms. The topological polar surface area (TPSA) is 12.0 Å². The highest BCUT2D eigenvalue weighted by molar-refractivity contribution is 5.83. The van der Waals surface area contributed by atoms with E-state index >= 15 is 0 Å². The van der Waals surface area contributed by atoms with Crippen LogP contribution in [0.1, 0.15) is 12.0 Å². The van der Waals surface area contributed by atoms with Crippen LogP contribution in [0, 0.1) is 0 Å². The van der Waals surface area contributed by atoms with E-state index in [-0.39, 0.29) is 0 Å². The predicted molar refractivity (Wildman–Crippen MR) is 59.9 cm³/mol. The van der Waals surface area contributed by atoms with Gasteiger partial charge >= 0.3 is 0 Å². The Morgan fingerprint density at radius 2 is 1.86 bits per heavy atom. The van der Waals surface area contributed by atoms with Crippen molar-refractivity contribution in [2.75, 3.05) is 5.32 Å². The van der Waals surface area contributed by atoms with Gasteiger partial charge in [0.2, 0.25) is 0 Å². The molecular formula is C13H11N. The van der Waals surface area contributed by atoms with Crippen molar-refractivity contribution in [3.63, 3.8) is 0 Å². The second-order valence-electron chi connectivity index (χ2n) is 3.62. The van der Waals surface area contributed by atoms with Crippen LogP contribution < -0.4 is 5.32 Å². The van der Waals surface area contributed by atoms with Crippen molar-refractivity contribution in [3.05, 3.63) is 59.8 Å². The lowest BCUT2D eigenvalue weighted by Gasteiger charge is -2.22. The number of hydrogen-bond acceptors (Lipinski definition) is 1. The first-order chi connectivity index (χ1) is 6.93. The zero-order valence-corrected chi connectivity index (χ0v) is 7.83. The minimum Gasteiger partial charge on any atom is -0.358 e. The van der Waals surface area contributed by atoms with Crippen molar-refractivity contribution in [1.29, 1.82) is 0 Å². The van der Waals surface area contributed by atoms with Crippen molar-refractivity contribution in [2.24, 2.45) is 0 Å². The van der Waals surface area contributed by atoms with E-state index in [1.54, 1.807) is 0 Å². The molecule has 1 N–H and O–H groups in total. The summed E-state index contributed by atoms with van der Waals surface area (Å²) >= 11 is 0. The molecular weight excluding hydrogens is 170 g/mol. The SMILES string of the molecule is C1=CC=C2CC(=C1)Nc1ccccc12. The highest BCUT2D eigenvalue weighted by atomic mass is 14.9. The molecule has 0 saturated carbocycles. The lowest BCUT2D eigenvalue weighted by molar-refractivity contribution is 1.19. The Kier molecular flexibility index (Phi) is 1.57.